The molecule has 2 aliphatic heterocycles. The van der Waals surface area contributed by atoms with Crippen molar-refractivity contribution in [1.82, 2.24) is 14.3 Å². The molecular weight excluding hydrogens is 466 g/mol. The van der Waals surface area contributed by atoms with Crippen LogP contribution in [0.2, 0.25) is 0 Å². The van der Waals surface area contributed by atoms with Crippen LogP contribution >= 0.6 is 11.3 Å². The number of thiazole rings is 1. The van der Waals surface area contributed by atoms with Gasteiger partial charge in [0.05, 0.1) is 29.5 Å². The first-order valence-electron chi connectivity index (χ1n) is 10.8. The zero-order chi connectivity index (χ0) is 24.9. The first-order chi connectivity index (χ1) is 16.1. The summed E-state index contributed by atoms with van der Waals surface area (Å²) in [6, 6.07) is -0.432. The standard InChI is InChI=1S/C22H25N3O8S/c1-6-31-22(30)33-12(5)32-21(29)18-14(9(2)17-15(10(3)26)19(28)25(17)18)13-7-24-8-23-16(11(4)27)20(24)34-13/h7-10,12,15,17,26H,6H2,1-5H3/t9-,10+,12?,15+,17+/m0/s1. The van der Waals surface area contributed by atoms with Crippen molar-refractivity contribution in [3.05, 3.63) is 28.8 Å². The molecule has 1 unspecified atom stereocenters. The predicted molar refractivity (Wildman–Crippen MR) is 119 cm³/mol. The fourth-order valence-electron chi connectivity index (χ4n) is 4.57. The van der Waals surface area contributed by atoms with Crippen molar-refractivity contribution in [2.24, 2.45) is 11.8 Å². The minimum atomic E-state index is -1.26. The second-order valence-electron chi connectivity index (χ2n) is 8.25. The van der Waals surface area contributed by atoms with E-state index in [4.69, 9.17) is 14.2 Å². The lowest BCUT2D eigenvalue weighted by Crippen LogP contribution is -2.63. The zero-order valence-electron chi connectivity index (χ0n) is 19.3. The fraction of sp³-hybridized carbons (Fsp3) is 0.500. The van der Waals surface area contributed by atoms with Crippen LogP contribution in [0.1, 0.15) is 50.0 Å². The number of ether oxygens (including phenoxy) is 3. The molecule has 34 heavy (non-hydrogen) atoms. The molecule has 0 spiro atoms. The lowest BCUT2D eigenvalue weighted by molar-refractivity contribution is -0.173. The van der Waals surface area contributed by atoms with Crippen molar-refractivity contribution < 1.29 is 38.5 Å². The highest BCUT2D eigenvalue weighted by molar-refractivity contribution is 7.18. The number of imidazole rings is 1. The van der Waals surface area contributed by atoms with Gasteiger partial charge in [0.25, 0.3) is 0 Å². The molecule has 0 aliphatic carbocycles. The number of fused-ring (bicyclic) bond motifs is 2. The number of carbonyl (C=O) groups is 4. The van der Waals surface area contributed by atoms with Gasteiger partial charge in [-0.1, -0.05) is 6.92 Å². The molecule has 1 fully saturated rings. The zero-order valence-corrected chi connectivity index (χ0v) is 20.1. The van der Waals surface area contributed by atoms with E-state index < -0.39 is 36.5 Å². The first kappa shape index (κ1) is 23.9. The van der Waals surface area contributed by atoms with Gasteiger partial charge in [-0.2, -0.15) is 0 Å². The molecule has 2 aromatic rings. The monoisotopic (exact) mass is 491 g/mol. The quantitative estimate of drug-likeness (QED) is 0.267. The maximum atomic E-state index is 13.2. The number of aromatic nitrogens is 2. The van der Waals surface area contributed by atoms with Crippen molar-refractivity contribution in [2.45, 2.75) is 53.1 Å². The molecular formula is C22H25N3O8S. The summed E-state index contributed by atoms with van der Waals surface area (Å²) in [5, 5.41) is 10.2. The molecule has 5 atom stereocenters. The summed E-state index contributed by atoms with van der Waals surface area (Å²) in [5.74, 6) is -2.40. The summed E-state index contributed by atoms with van der Waals surface area (Å²) in [6.07, 6.45) is 0.113. The van der Waals surface area contributed by atoms with Gasteiger partial charge in [-0.3, -0.25) is 14.0 Å². The van der Waals surface area contributed by atoms with Gasteiger partial charge in [-0.05, 0) is 13.8 Å². The third-order valence-electron chi connectivity index (χ3n) is 5.97. The minimum absolute atomic E-state index is 0.0283. The van der Waals surface area contributed by atoms with E-state index >= 15 is 0 Å². The van der Waals surface area contributed by atoms with E-state index in [-0.39, 0.29) is 29.9 Å². The number of carbonyl (C=O) groups excluding carboxylic acids is 4. The summed E-state index contributed by atoms with van der Waals surface area (Å²) in [7, 11) is 0. The molecule has 1 saturated heterocycles. The topological polar surface area (TPSA) is 137 Å². The highest BCUT2D eigenvalue weighted by Gasteiger charge is 2.60. The number of aliphatic hydroxyl groups excluding tert-OH is 1. The SMILES string of the molecule is CCOC(=O)OC(C)OC(=O)C1=C(c2cn3cnc(C(C)=O)c3s2)[C@H](C)[C@@H]2[C@@H]([C@@H](C)O)C(=O)N12. The maximum absolute atomic E-state index is 13.2. The Bertz CT molecular complexity index is 1210. The van der Waals surface area contributed by atoms with Crippen molar-refractivity contribution in [1.29, 1.82) is 0 Å². The molecule has 4 heterocycles. The van der Waals surface area contributed by atoms with E-state index in [0.29, 0.717) is 21.0 Å². The summed E-state index contributed by atoms with van der Waals surface area (Å²) in [5.41, 5.74) is 0.892. The van der Waals surface area contributed by atoms with Crippen molar-refractivity contribution >= 4 is 45.6 Å². The number of hydrogen-bond donors (Lipinski definition) is 1. The highest BCUT2D eigenvalue weighted by atomic mass is 32.1. The van der Waals surface area contributed by atoms with E-state index in [0.717, 1.165) is 0 Å². The molecule has 0 aromatic carbocycles. The molecule has 1 N–H and O–H groups in total. The molecule has 11 nitrogen and oxygen atoms in total. The van der Waals surface area contributed by atoms with Gasteiger partial charge in [0.15, 0.2) is 5.78 Å². The van der Waals surface area contributed by atoms with Gasteiger partial charge in [0.1, 0.15) is 22.5 Å². The van der Waals surface area contributed by atoms with Crippen LogP contribution in [0.3, 0.4) is 0 Å². The molecule has 4 rings (SSSR count). The Balaban J connectivity index is 1.73. The normalized spacial score (nSPS) is 23.4. The Morgan fingerprint density at radius 2 is 1.97 bits per heavy atom. The summed E-state index contributed by atoms with van der Waals surface area (Å²) in [6.45, 7) is 7.90. The van der Waals surface area contributed by atoms with Crippen LogP contribution in [0, 0.1) is 11.8 Å². The summed E-state index contributed by atoms with van der Waals surface area (Å²) in [4.78, 5) is 56.4. The lowest BCUT2D eigenvalue weighted by atomic mass is 9.77. The minimum Gasteiger partial charge on any atom is -0.435 e. The molecule has 182 valence electrons. The average Bonchev–Trinajstić information content (AvgIpc) is 3.37. The molecule has 0 radical (unpaired) electrons. The Morgan fingerprint density at radius 1 is 1.26 bits per heavy atom. The van der Waals surface area contributed by atoms with Gasteiger partial charge < -0.3 is 24.2 Å². The van der Waals surface area contributed by atoms with Crippen LogP contribution < -0.4 is 0 Å². The van der Waals surface area contributed by atoms with Crippen molar-refractivity contribution in [3.63, 3.8) is 0 Å². The maximum Gasteiger partial charge on any atom is 0.511 e. The Morgan fingerprint density at radius 3 is 2.59 bits per heavy atom. The fourth-order valence-corrected chi connectivity index (χ4v) is 5.83. The lowest BCUT2D eigenvalue weighted by Gasteiger charge is -2.46. The Labute approximate surface area is 198 Å². The number of hydrogen-bond acceptors (Lipinski definition) is 10. The smallest absolute Gasteiger partial charge is 0.435 e. The number of β-lactam (4-membered cyclic amide) rings is 1. The first-order valence-corrected chi connectivity index (χ1v) is 11.7. The molecule has 2 aromatic heterocycles. The van der Waals surface area contributed by atoms with Crippen LogP contribution in [0.25, 0.3) is 10.4 Å². The van der Waals surface area contributed by atoms with Gasteiger partial charge in [-0.15, -0.1) is 11.3 Å². The number of nitrogens with zero attached hydrogens (tertiary/aromatic N) is 3. The molecule has 0 saturated carbocycles. The molecule has 12 heteroatoms. The van der Waals surface area contributed by atoms with E-state index in [9.17, 15) is 24.3 Å². The second-order valence-corrected chi connectivity index (χ2v) is 9.28. The third-order valence-corrected chi connectivity index (χ3v) is 7.12. The number of esters is 1. The molecule has 0 bridgehead atoms. The van der Waals surface area contributed by atoms with Crippen molar-refractivity contribution in [2.75, 3.05) is 6.61 Å². The van der Waals surface area contributed by atoms with E-state index in [2.05, 4.69) is 4.98 Å². The largest absolute Gasteiger partial charge is 0.511 e. The second kappa shape index (κ2) is 8.84. The summed E-state index contributed by atoms with van der Waals surface area (Å²) < 4.78 is 16.6. The number of ketones is 1. The van der Waals surface area contributed by atoms with Gasteiger partial charge in [0.2, 0.25) is 12.2 Å². The van der Waals surface area contributed by atoms with Gasteiger partial charge in [-0.25, -0.2) is 14.6 Å². The van der Waals surface area contributed by atoms with E-state index in [1.807, 2.05) is 6.92 Å². The Hall–Kier alpha value is -3.25. The van der Waals surface area contributed by atoms with Gasteiger partial charge >= 0.3 is 12.1 Å². The number of Topliss-reactive ketones (excluding diaryl/α,β-unsaturated/α-hetero) is 1. The van der Waals surface area contributed by atoms with Crippen LogP contribution in [0.5, 0.6) is 0 Å². The van der Waals surface area contributed by atoms with Crippen molar-refractivity contribution in [3.8, 4) is 0 Å². The third kappa shape index (κ3) is 3.76. The predicted octanol–water partition coefficient (Wildman–Crippen LogP) is 2.23. The number of amides is 1. The number of rotatable bonds is 7. The van der Waals surface area contributed by atoms with E-state index in [1.54, 1.807) is 17.5 Å². The van der Waals surface area contributed by atoms with Crippen LogP contribution in [-0.4, -0.2) is 68.2 Å². The van der Waals surface area contributed by atoms with Crippen LogP contribution in [-0.2, 0) is 23.8 Å². The number of aliphatic hydroxyl groups is 1. The Kier molecular flexibility index (Phi) is 6.21. The van der Waals surface area contributed by atoms with Crippen LogP contribution in [0.4, 0.5) is 4.79 Å². The van der Waals surface area contributed by atoms with E-state index in [1.165, 1.54) is 43.3 Å². The van der Waals surface area contributed by atoms with Crippen LogP contribution in [0.15, 0.2) is 18.2 Å². The average molecular weight is 492 g/mol. The molecule has 2 aliphatic rings. The molecule has 1 amide bonds. The summed E-state index contributed by atoms with van der Waals surface area (Å²) >= 11 is 1.27. The van der Waals surface area contributed by atoms with Gasteiger partial charge in [0, 0.05) is 31.5 Å². The highest BCUT2D eigenvalue weighted by Crippen LogP contribution is 2.51.